The molecule has 1 atom stereocenters. The number of ether oxygens (including phenoxy) is 2. The maximum absolute atomic E-state index is 13.7. The van der Waals surface area contributed by atoms with Crippen LogP contribution < -0.4 is 4.90 Å². The molecule has 2 heterocycles. The van der Waals surface area contributed by atoms with Gasteiger partial charge in [0.25, 0.3) is 5.79 Å². The molecule has 0 amide bonds. The van der Waals surface area contributed by atoms with Crippen molar-refractivity contribution in [2.75, 3.05) is 4.90 Å². The van der Waals surface area contributed by atoms with Crippen LogP contribution >= 0.6 is 0 Å². The Morgan fingerprint density at radius 1 is 0.879 bits per heavy atom. The van der Waals surface area contributed by atoms with Gasteiger partial charge in [0.05, 0.1) is 6.04 Å². The Balaban J connectivity index is 1.75. The number of aryl methyl sites for hydroxylation is 1. The van der Waals surface area contributed by atoms with Crippen LogP contribution in [0.4, 0.5) is 5.69 Å². The van der Waals surface area contributed by atoms with E-state index in [0.717, 1.165) is 27.9 Å². The summed E-state index contributed by atoms with van der Waals surface area (Å²) >= 11 is 0. The van der Waals surface area contributed by atoms with E-state index in [9.17, 15) is 9.59 Å². The van der Waals surface area contributed by atoms with Gasteiger partial charge in [-0.3, -0.25) is 9.59 Å². The monoisotopic (exact) mass is 441 g/mol. The molecule has 0 N–H and O–H groups in total. The van der Waals surface area contributed by atoms with Crippen LogP contribution in [-0.4, -0.2) is 17.7 Å². The van der Waals surface area contributed by atoms with Gasteiger partial charge in [0.2, 0.25) is 0 Å². The largest absolute Gasteiger partial charge is 0.422 e. The normalized spacial score (nSPS) is 20.7. The van der Waals surface area contributed by atoms with Gasteiger partial charge in [0.1, 0.15) is 0 Å². The molecule has 1 saturated heterocycles. The van der Waals surface area contributed by atoms with Crippen molar-refractivity contribution in [1.29, 1.82) is 0 Å². The number of rotatable bonds is 3. The Kier molecular flexibility index (Phi) is 5.00. The quantitative estimate of drug-likeness (QED) is 0.417. The summed E-state index contributed by atoms with van der Waals surface area (Å²) in [4.78, 5) is 29.6. The zero-order valence-electron chi connectivity index (χ0n) is 19.1. The van der Waals surface area contributed by atoms with E-state index in [1.165, 1.54) is 0 Å². The fraction of sp³-hybridized carbons (Fsp3) is 0.286. The Morgan fingerprint density at radius 3 is 2.12 bits per heavy atom. The molecule has 5 nitrogen and oxygen atoms in total. The highest BCUT2D eigenvalue weighted by Crippen LogP contribution is 2.53. The van der Waals surface area contributed by atoms with E-state index in [4.69, 9.17) is 9.47 Å². The van der Waals surface area contributed by atoms with Crippen LogP contribution in [0.2, 0.25) is 0 Å². The molecule has 2 aliphatic heterocycles. The van der Waals surface area contributed by atoms with Gasteiger partial charge < -0.3 is 14.4 Å². The van der Waals surface area contributed by atoms with Gasteiger partial charge >= 0.3 is 11.9 Å². The average Bonchev–Trinajstić information content (AvgIpc) is 2.78. The predicted molar refractivity (Wildman–Crippen MR) is 125 cm³/mol. The highest BCUT2D eigenvalue weighted by atomic mass is 16.7. The summed E-state index contributed by atoms with van der Waals surface area (Å²) in [6, 6.07) is 25.4. The maximum Gasteiger partial charge on any atom is 0.329 e. The van der Waals surface area contributed by atoms with Crippen molar-refractivity contribution in [2.45, 2.75) is 45.6 Å². The first-order chi connectivity index (χ1) is 15.8. The molecule has 0 saturated carbocycles. The molecular formula is C28H27NO4. The van der Waals surface area contributed by atoms with Gasteiger partial charge in [-0.1, -0.05) is 78.4 Å². The number of benzene rings is 3. The Morgan fingerprint density at radius 2 is 1.48 bits per heavy atom. The molecule has 0 bridgehead atoms. The molecule has 1 fully saturated rings. The van der Waals surface area contributed by atoms with E-state index in [1.54, 1.807) is 13.8 Å². The Labute approximate surface area is 193 Å². The summed E-state index contributed by atoms with van der Waals surface area (Å²) in [6.07, 6.45) is 0.225. The number of hydrogen-bond donors (Lipinski definition) is 0. The second-order valence-corrected chi connectivity index (χ2v) is 9.39. The second-order valence-electron chi connectivity index (χ2n) is 9.39. The summed E-state index contributed by atoms with van der Waals surface area (Å²) in [5, 5.41) is 0. The highest BCUT2D eigenvalue weighted by Gasteiger charge is 2.64. The van der Waals surface area contributed by atoms with E-state index in [1.807, 2.05) is 55.5 Å². The molecule has 3 aromatic rings. The number of fused-ring (bicyclic) bond motifs is 1. The minimum atomic E-state index is -1.51. The number of anilines is 1. The summed E-state index contributed by atoms with van der Waals surface area (Å²) in [5.41, 5.74) is 3.46. The SMILES string of the molecule is Cc1ccc2c(c1)CC1(C(=O)OC(C)(C)OC1=O)C(c1ccccc1)N2Cc1ccccc1. The minimum Gasteiger partial charge on any atom is -0.422 e. The van der Waals surface area contributed by atoms with E-state index in [2.05, 4.69) is 35.2 Å². The molecule has 168 valence electrons. The predicted octanol–water partition coefficient (Wildman–Crippen LogP) is 5.12. The number of nitrogens with zero attached hydrogens (tertiary/aromatic N) is 1. The zero-order valence-corrected chi connectivity index (χ0v) is 19.1. The smallest absolute Gasteiger partial charge is 0.329 e. The molecule has 5 heteroatoms. The third-order valence-corrected chi connectivity index (χ3v) is 6.51. The fourth-order valence-electron chi connectivity index (χ4n) is 5.10. The molecule has 2 aliphatic rings. The molecule has 33 heavy (non-hydrogen) atoms. The van der Waals surface area contributed by atoms with E-state index >= 15 is 0 Å². The fourth-order valence-corrected chi connectivity index (χ4v) is 5.10. The minimum absolute atomic E-state index is 0.225. The van der Waals surface area contributed by atoms with Gasteiger partial charge in [0.15, 0.2) is 5.41 Å². The van der Waals surface area contributed by atoms with Crippen LogP contribution in [0.25, 0.3) is 0 Å². The molecule has 0 aliphatic carbocycles. The first-order valence-corrected chi connectivity index (χ1v) is 11.2. The Hall–Kier alpha value is -3.60. The van der Waals surface area contributed by atoms with Crippen LogP contribution in [-0.2, 0) is 32.0 Å². The topological polar surface area (TPSA) is 55.8 Å². The Bertz CT molecular complexity index is 1180. The van der Waals surface area contributed by atoms with Crippen LogP contribution in [0, 0.1) is 12.3 Å². The maximum atomic E-state index is 13.7. The first kappa shape index (κ1) is 21.3. The van der Waals surface area contributed by atoms with E-state index < -0.39 is 29.2 Å². The molecule has 1 spiro atoms. The van der Waals surface area contributed by atoms with Crippen molar-refractivity contribution in [3.8, 4) is 0 Å². The zero-order chi connectivity index (χ0) is 23.2. The third-order valence-electron chi connectivity index (χ3n) is 6.51. The van der Waals surface area contributed by atoms with Gasteiger partial charge in [-0.25, -0.2) is 0 Å². The number of cyclic esters (lactones) is 2. The van der Waals surface area contributed by atoms with Crippen LogP contribution in [0.15, 0.2) is 78.9 Å². The van der Waals surface area contributed by atoms with Gasteiger partial charge in [-0.05, 0) is 29.7 Å². The molecule has 5 rings (SSSR count). The van der Waals surface area contributed by atoms with E-state index in [0.29, 0.717) is 6.54 Å². The number of carbonyl (C=O) groups is 2. The lowest BCUT2D eigenvalue weighted by atomic mass is 9.68. The average molecular weight is 442 g/mol. The molecule has 0 radical (unpaired) electrons. The van der Waals surface area contributed by atoms with Crippen molar-refractivity contribution in [2.24, 2.45) is 5.41 Å². The molecular weight excluding hydrogens is 414 g/mol. The highest BCUT2D eigenvalue weighted by molar-refractivity contribution is 6.04. The van der Waals surface area contributed by atoms with Gasteiger partial charge in [-0.15, -0.1) is 0 Å². The van der Waals surface area contributed by atoms with Crippen molar-refractivity contribution in [1.82, 2.24) is 0 Å². The summed E-state index contributed by atoms with van der Waals surface area (Å²) in [7, 11) is 0. The first-order valence-electron chi connectivity index (χ1n) is 11.2. The standard InChI is InChI=1S/C28H27NO4/c1-19-14-15-23-22(16-19)17-28(25(30)32-27(2,3)33-26(28)31)24(21-12-8-5-9-13-21)29(23)18-20-10-6-4-7-11-20/h4-16,24H,17-18H2,1-3H3. The van der Waals surface area contributed by atoms with Crippen LogP contribution in [0.3, 0.4) is 0 Å². The molecule has 0 aromatic heterocycles. The summed E-state index contributed by atoms with van der Waals surface area (Å²) < 4.78 is 11.4. The number of esters is 2. The van der Waals surface area contributed by atoms with Crippen LogP contribution in [0.1, 0.15) is 42.1 Å². The van der Waals surface area contributed by atoms with Crippen molar-refractivity contribution >= 4 is 17.6 Å². The number of hydrogen-bond acceptors (Lipinski definition) is 5. The molecule has 1 unspecified atom stereocenters. The lowest BCUT2D eigenvalue weighted by Crippen LogP contribution is -2.62. The van der Waals surface area contributed by atoms with Gasteiger partial charge in [-0.2, -0.15) is 0 Å². The molecule has 3 aromatic carbocycles. The lowest BCUT2D eigenvalue weighted by molar-refractivity contribution is -0.253. The lowest BCUT2D eigenvalue weighted by Gasteiger charge is -2.51. The number of carbonyl (C=O) groups excluding carboxylic acids is 2. The van der Waals surface area contributed by atoms with Crippen LogP contribution in [0.5, 0.6) is 0 Å². The summed E-state index contributed by atoms with van der Waals surface area (Å²) in [5.74, 6) is -2.37. The van der Waals surface area contributed by atoms with Crippen molar-refractivity contribution in [3.05, 3.63) is 101 Å². The van der Waals surface area contributed by atoms with Crippen molar-refractivity contribution in [3.63, 3.8) is 0 Å². The van der Waals surface area contributed by atoms with Gasteiger partial charge in [0, 0.05) is 32.5 Å². The summed E-state index contributed by atoms with van der Waals surface area (Å²) in [6.45, 7) is 5.73. The second kappa shape index (κ2) is 7.77. The van der Waals surface area contributed by atoms with Crippen molar-refractivity contribution < 1.29 is 19.1 Å². The third kappa shape index (κ3) is 3.58. The van der Waals surface area contributed by atoms with E-state index in [-0.39, 0.29) is 6.42 Å².